The Morgan fingerprint density at radius 2 is 2.04 bits per heavy atom. The Hall–Kier alpha value is -2.56. The quantitative estimate of drug-likeness (QED) is 0.778. The van der Waals surface area contributed by atoms with Gasteiger partial charge in [-0.1, -0.05) is 6.42 Å². The minimum Gasteiger partial charge on any atom is -0.475 e. The highest BCUT2D eigenvalue weighted by Crippen LogP contribution is 2.38. The van der Waals surface area contributed by atoms with E-state index in [9.17, 15) is 4.79 Å². The van der Waals surface area contributed by atoms with Crippen LogP contribution in [0.5, 0.6) is 0 Å². The monoisotopic (exact) mass is 324 g/mol. The molecule has 1 fully saturated rings. The fourth-order valence-corrected chi connectivity index (χ4v) is 3.28. The number of aromatic carboxylic acids is 1. The highest BCUT2D eigenvalue weighted by molar-refractivity contribution is 5.84. The lowest BCUT2D eigenvalue weighted by Gasteiger charge is -2.25. The second-order valence-electron chi connectivity index (χ2n) is 6.68. The molecule has 5 heteroatoms. The van der Waals surface area contributed by atoms with Crippen LogP contribution in [0.15, 0.2) is 28.7 Å². The summed E-state index contributed by atoms with van der Waals surface area (Å²) in [6.07, 6.45) is 3.58. The van der Waals surface area contributed by atoms with Crippen molar-refractivity contribution < 1.29 is 14.3 Å². The molecule has 1 aliphatic rings. The Bertz CT molecular complexity index is 932. The molecule has 2 aromatic heterocycles. The molecule has 4 rings (SSSR count). The minimum atomic E-state index is -1.04. The molecule has 0 aliphatic heterocycles. The number of benzene rings is 1. The van der Waals surface area contributed by atoms with E-state index >= 15 is 0 Å². The summed E-state index contributed by atoms with van der Waals surface area (Å²) in [5.74, 6) is 1.17. The Morgan fingerprint density at radius 3 is 2.67 bits per heavy atom. The van der Waals surface area contributed by atoms with Crippen LogP contribution in [0, 0.1) is 13.8 Å². The van der Waals surface area contributed by atoms with E-state index in [1.54, 1.807) is 6.07 Å². The molecular formula is C19H20N2O3. The fourth-order valence-electron chi connectivity index (χ4n) is 3.28. The number of aromatic nitrogens is 2. The molecule has 5 nitrogen and oxygen atoms in total. The molecule has 0 unspecified atom stereocenters. The van der Waals surface area contributed by atoms with E-state index < -0.39 is 5.97 Å². The molecule has 0 atom stereocenters. The maximum Gasteiger partial charge on any atom is 0.371 e. The molecule has 3 aromatic rings. The fraction of sp³-hybridized carbons (Fsp3) is 0.368. The van der Waals surface area contributed by atoms with E-state index in [4.69, 9.17) is 14.5 Å². The number of imidazole rings is 1. The Morgan fingerprint density at radius 1 is 1.29 bits per heavy atom. The van der Waals surface area contributed by atoms with Gasteiger partial charge in [-0.05, 0) is 62.1 Å². The van der Waals surface area contributed by atoms with E-state index in [0.717, 1.165) is 16.9 Å². The third-order valence-corrected chi connectivity index (χ3v) is 5.05. The first-order valence-corrected chi connectivity index (χ1v) is 8.32. The van der Waals surface area contributed by atoms with Gasteiger partial charge in [-0.25, -0.2) is 9.78 Å². The highest BCUT2D eigenvalue weighted by atomic mass is 16.4. The molecule has 2 heterocycles. The minimum absolute atomic E-state index is 0.0216. The highest BCUT2D eigenvalue weighted by Gasteiger charge is 2.26. The van der Waals surface area contributed by atoms with E-state index in [0.29, 0.717) is 18.2 Å². The lowest BCUT2D eigenvalue weighted by atomic mass is 9.85. The summed E-state index contributed by atoms with van der Waals surface area (Å²) in [7, 11) is 0. The number of carbonyl (C=O) groups is 1. The molecular weight excluding hydrogens is 304 g/mol. The standard InChI is InChI=1S/C19H20N2O3/c1-11-8-15-16(9-12(11)2)21(18(20-15)13-4-3-5-13)10-14-6-7-17(24-14)19(22)23/h6-9,13H,3-5,10H2,1-2H3,(H,22,23). The third-order valence-electron chi connectivity index (χ3n) is 5.05. The van der Waals surface area contributed by atoms with Crippen LogP contribution < -0.4 is 0 Å². The first-order valence-electron chi connectivity index (χ1n) is 8.32. The van der Waals surface area contributed by atoms with Crippen LogP contribution in [0.1, 0.15) is 58.4 Å². The van der Waals surface area contributed by atoms with Gasteiger partial charge in [0.25, 0.3) is 0 Å². The summed E-state index contributed by atoms with van der Waals surface area (Å²) in [5.41, 5.74) is 4.56. The number of nitrogens with zero attached hydrogens (tertiary/aromatic N) is 2. The van der Waals surface area contributed by atoms with Gasteiger partial charge in [0.15, 0.2) is 0 Å². The number of rotatable bonds is 4. The van der Waals surface area contributed by atoms with E-state index in [1.165, 1.54) is 36.5 Å². The third kappa shape index (κ3) is 2.40. The number of carboxylic acid groups (broad SMARTS) is 1. The lowest BCUT2D eigenvalue weighted by molar-refractivity contribution is 0.0660. The van der Waals surface area contributed by atoms with Gasteiger partial charge in [0, 0.05) is 5.92 Å². The molecule has 0 radical (unpaired) electrons. The summed E-state index contributed by atoms with van der Waals surface area (Å²) >= 11 is 0. The molecule has 0 bridgehead atoms. The van der Waals surface area contributed by atoms with Crippen molar-refractivity contribution in [2.45, 2.75) is 45.6 Å². The lowest BCUT2D eigenvalue weighted by Crippen LogP contribution is -2.16. The van der Waals surface area contributed by atoms with Crippen molar-refractivity contribution in [2.75, 3.05) is 0 Å². The summed E-state index contributed by atoms with van der Waals surface area (Å²) in [5, 5.41) is 9.04. The van der Waals surface area contributed by atoms with Gasteiger partial charge in [-0.2, -0.15) is 0 Å². The number of aryl methyl sites for hydroxylation is 2. The number of hydrogen-bond acceptors (Lipinski definition) is 3. The predicted octanol–water partition coefficient (Wildman–Crippen LogP) is 4.26. The smallest absolute Gasteiger partial charge is 0.371 e. The molecule has 1 aromatic carbocycles. The average molecular weight is 324 g/mol. The van der Waals surface area contributed by atoms with Gasteiger partial charge < -0.3 is 14.1 Å². The van der Waals surface area contributed by atoms with Crippen molar-refractivity contribution >= 4 is 17.0 Å². The molecule has 1 N–H and O–H groups in total. The van der Waals surface area contributed by atoms with Crippen molar-refractivity contribution in [3.05, 3.63) is 52.7 Å². The SMILES string of the molecule is Cc1cc2nc(C3CCC3)n(Cc3ccc(C(=O)O)o3)c2cc1C. The van der Waals surface area contributed by atoms with Crippen LogP contribution in [0.3, 0.4) is 0 Å². The molecule has 1 saturated carbocycles. The van der Waals surface area contributed by atoms with Crippen molar-refractivity contribution in [3.63, 3.8) is 0 Å². The van der Waals surface area contributed by atoms with E-state index in [-0.39, 0.29) is 5.76 Å². The number of carboxylic acids is 1. The van der Waals surface area contributed by atoms with Crippen molar-refractivity contribution in [3.8, 4) is 0 Å². The van der Waals surface area contributed by atoms with Gasteiger partial charge in [0.05, 0.1) is 17.6 Å². The van der Waals surface area contributed by atoms with E-state index in [2.05, 4.69) is 30.5 Å². The summed E-state index contributed by atoms with van der Waals surface area (Å²) in [6.45, 7) is 4.71. The zero-order valence-electron chi connectivity index (χ0n) is 13.9. The Labute approximate surface area is 139 Å². The van der Waals surface area contributed by atoms with Gasteiger partial charge >= 0.3 is 5.97 Å². The van der Waals surface area contributed by atoms with E-state index in [1.807, 2.05) is 0 Å². The van der Waals surface area contributed by atoms with Crippen molar-refractivity contribution in [1.82, 2.24) is 9.55 Å². The van der Waals surface area contributed by atoms with Crippen LogP contribution in [-0.4, -0.2) is 20.6 Å². The van der Waals surface area contributed by atoms with Gasteiger partial charge in [0.2, 0.25) is 5.76 Å². The number of furan rings is 1. The summed E-state index contributed by atoms with van der Waals surface area (Å²) in [6, 6.07) is 7.55. The second-order valence-corrected chi connectivity index (χ2v) is 6.68. The topological polar surface area (TPSA) is 68.3 Å². The van der Waals surface area contributed by atoms with Crippen LogP contribution in [0.25, 0.3) is 11.0 Å². The van der Waals surface area contributed by atoms with Crippen LogP contribution in [0.2, 0.25) is 0 Å². The molecule has 0 saturated heterocycles. The first-order chi connectivity index (χ1) is 11.5. The second kappa shape index (κ2) is 5.51. The largest absolute Gasteiger partial charge is 0.475 e. The molecule has 24 heavy (non-hydrogen) atoms. The Kier molecular flexibility index (Phi) is 3.44. The van der Waals surface area contributed by atoms with Crippen LogP contribution in [0.4, 0.5) is 0 Å². The molecule has 1 aliphatic carbocycles. The van der Waals surface area contributed by atoms with Crippen LogP contribution >= 0.6 is 0 Å². The normalized spacial score (nSPS) is 14.9. The zero-order chi connectivity index (χ0) is 16.8. The zero-order valence-corrected chi connectivity index (χ0v) is 13.9. The molecule has 124 valence electrons. The van der Waals surface area contributed by atoms with Crippen molar-refractivity contribution in [2.24, 2.45) is 0 Å². The average Bonchev–Trinajstić information content (AvgIpc) is 3.06. The number of fused-ring (bicyclic) bond motifs is 1. The maximum atomic E-state index is 11.0. The maximum absolute atomic E-state index is 11.0. The van der Waals surface area contributed by atoms with Crippen molar-refractivity contribution in [1.29, 1.82) is 0 Å². The predicted molar refractivity (Wildman–Crippen MR) is 90.6 cm³/mol. The Balaban J connectivity index is 1.81. The first kappa shape index (κ1) is 15.0. The summed E-state index contributed by atoms with van der Waals surface area (Å²) in [4.78, 5) is 15.9. The molecule has 0 amide bonds. The van der Waals surface area contributed by atoms with Gasteiger partial charge in [-0.3, -0.25) is 0 Å². The van der Waals surface area contributed by atoms with Gasteiger partial charge in [0.1, 0.15) is 11.6 Å². The number of hydrogen-bond donors (Lipinski definition) is 1. The summed E-state index contributed by atoms with van der Waals surface area (Å²) < 4.78 is 7.65. The van der Waals surface area contributed by atoms with Gasteiger partial charge in [-0.15, -0.1) is 0 Å². The molecule has 0 spiro atoms. The van der Waals surface area contributed by atoms with Crippen LogP contribution in [-0.2, 0) is 6.54 Å².